The third-order valence-electron chi connectivity index (χ3n) is 16.2. The van der Waals surface area contributed by atoms with Crippen molar-refractivity contribution in [3.05, 3.63) is 171 Å². The van der Waals surface area contributed by atoms with Crippen LogP contribution in [0.4, 0.5) is 92.0 Å². The van der Waals surface area contributed by atoms with E-state index in [2.05, 4.69) is 81.1 Å². The maximum absolute atomic E-state index is 14.1. The monoisotopic (exact) mass is 1770 g/mol. The zero-order valence-electron chi connectivity index (χ0n) is 65.5. The van der Waals surface area contributed by atoms with Gasteiger partial charge in [0.25, 0.3) is 5.97 Å². The van der Waals surface area contributed by atoms with Gasteiger partial charge in [-0.05, 0) is 169 Å². The number of ketones is 3. The lowest BCUT2D eigenvalue weighted by Gasteiger charge is -2.36. The number of aliphatic imine (C=N–C) groups is 1. The predicted octanol–water partition coefficient (Wildman–Crippen LogP) is 14.6. The number of thioether (sulfide) groups is 1. The summed E-state index contributed by atoms with van der Waals surface area (Å²) in [6, 6.07) is 29.0. The molecule has 3 saturated heterocycles. The number of carbonyl (C=O) groups excluding carboxylic acids is 5. The number of thiocarbonyl (C=S) groups is 1. The zero-order valence-corrected chi connectivity index (χ0v) is 71.8. The van der Waals surface area contributed by atoms with Gasteiger partial charge in [0.2, 0.25) is 11.6 Å². The van der Waals surface area contributed by atoms with Gasteiger partial charge >= 0.3 is 12.2 Å². The molecule has 0 radical (unpaired) electrons. The number of carbonyl (C=O) groups is 6. The molecule has 0 aliphatic carbocycles. The number of nitrogens with two attached hydrogens (primary N) is 3. The zero-order chi connectivity index (χ0) is 84.6. The van der Waals surface area contributed by atoms with Crippen molar-refractivity contribution in [2.45, 2.75) is 66.6 Å². The number of Topliss-reactive ketones (excluding diaryl/α,β-unsaturated/α-hetero) is 1. The predicted molar refractivity (Wildman–Crippen MR) is 458 cm³/mol. The molecule has 0 spiro atoms. The number of thiazole rings is 2. The largest absolute Gasteiger partial charge is 0.491 e. The third kappa shape index (κ3) is 28.3. The fourth-order valence-electron chi connectivity index (χ4n) is 10.9. The first-order valence-electron chi connectivity index (χ1n) is 35.5. The van der Waals surface area contributed by atoms with Crippen LogP contribution in [0.25, 0.3) is 0 Å². The smallest absolute Gasteiger partial charge is 0.410 e. The number of nitrogen functional groups attached to an aromatic ring is 2. The Morgan fingerprint density at radius 3 is 1.17 bits per heavy atom. The summed E-state index contributed by atoms with van der Waals surface area (Å²) in [5.41, 5.74) is 21.8. The van der Waals surface area contributed by atoms with Crippen molar-refractivity contribution in [1.29, 1.82) is 0 Å². The number of halogens is 7. The summed E-state index contributed by atoms with van der Waals surface area (Å²) in [4.78, 5) is 93.0. The number of aliphatic carboxylic acids is 1. The summed E-state index contributed by atoms with van der Waals surface area (Å²) in [5.74, 6) is -8.89. The van der Waals surface area contributed by atoms with E-state index < -0.39 is 80.9 Å². The van der Waals surface area contributed by atoms with Crippen LogP contribution in [0.15, 0.2) is 114 Å². The number of carboxylic acid groups (broad SMARTS) is 1. The molecule has 2 aromatic heterocycles. The average molecular weight is 1770 g/mol. The highest BCUT2D eigenvalue weighted by atomic mass is 79.9. The van der Waals surface area contributed by atoms with E-state index in [1.54, 1.807) is 9.80 Å². The van der Waals surface area contributed by atoms with E-state index >= 15 is 0 Å². The van der Waals surface area contributed by atoms with E-state index in [4.69, 9.17) is 48.8 Å². The Balaban J connectivity index is 0.000000245. The molecular weight excluding hydrogens is 1680 g/mol. The first kappa shape index (κ1) is 94.6. The van der Waals surface area contributed by atoms with Gasteiger partial charge < -0.3 is 91.8 Å². The first-order chi connectivity index (χ1) is 54.4. The number of amides is 2. The number of hydrogen-bond donors (Lipinski definition) is 8. The van der Waals surface area contributed by atoms with Crippen molar-refractivity contribution >= 4 is 174 Å². The highest BCUT2D eigenvalue weighted by Crippen LogP contribution is 2.36. The Bertz CT molecular complexity index is 4670. The molecule has 0 saturated carbocycles. The maximum Gasteiger partial charge on any atom is 0.410 e. The van der Waals surface area contributed by atoms with Crippen molar-refractivity contribution < 1.29 is 83.9 Å². The lowest BCUT2D eigenvalue weighted by Crippen LogP contribution is -2.50. The molecule has 11 N–H and O–H groups in total. The molecule has 8 aromatic rings. The van der Waals surface area contributed by atoms with Crippen LogP contribution >= 0.6 is 72.5 Å². The minimum atomic E-state index is -0.983. The van der Waals surface area contributed by atoms with Crippen LogP contribution in [0.5, 0.6) is 17.2 Å². The van der Waals surface area contributed by atoms with Gasteiger partial charge in [0.1, 0.15) is 32.6 Å². The molecule has 3 fully saturated rings. The molecule has 39 heteroatoms. The summed E-state index contributed by atoms with van der Waals surface area (Å²) in [7, 11) is 3.45. The standard InChI is InChI=1S/C26H29F2N5O4S.C21H21F2N5O2S.C19H29N5O2S2.C9H7BrF2O2.C2H4O2.H3P/c1-26(2,3)37-25(35)33-11-9-32(10-12-33)17-7-5-16(6-8-17)30-24-31-23(29)22(38-24)20(34)15-13-18(27)21(36-4)19(28)14-15;1-30-18-15(22)10-12(11-16(18)23)17(29)19-20(24)27-21(31-19)26-13-2-4-14(5-3-13)28-8-6-25-7-9-28;1-5-28-16(20)22-17(27)21-14-6-8-15(9-7-14)23-10-12-24(13-11-23)18(25)26-19(2,3)4;1-14-9-6(11)2-5(3-7(9)12)8(13)4-10;1-2(3)4;/h5-8,13-14H,9-12,29H2,1-4H3,(H,30,31);2-5,10-11,25H,6-9,24H2,1H3,(H,26,27);6-9H,5,10-13H2,1-4H3,(H3,20,21,22,27);2-3H,4H2,1H3;1H3,(H,3,4);1H3. The van der Waals surface area contributed by atoms with Crippen molar-refractivity contribution in [3.8, 4) is 17.2 Å². The van der Waals surface area contributed by atoms with E-state index in [-0.39, 0.29) is 71.3 Å². The number of aromatic nitrogens is 2. The molecule has 6 aromatic carbocycles. The first-order valence-corrected chi connectivity index (χ1v) is 39.6. The molecule has 626 valence electrons. The minimum Gasteiger partial charge on any atom is -0.491 e. The second-order valence-electron chi connectivity index (χ2n) is 27.0. The van der Waals surface area contributed by atoms with E-state index in [0.29, 0.717) is 59.8 Å². The Morgan fingerprint density at radius 1 is 0.560 bits per heavy atom. The van der Waals surface area contributed by atoms with Gasteiger partial charge in [-0.3, -0.25) is 19.2 Å². The van der Waals surface area contributed by atoms with Crippen LogP contribution in [0.2, 0.25) is 0 Å². The molecule has 5 heterocycles. The summed E-state index contributed by atoms with van der Waals surface area (Å²) >= 11 is 11.6. The normalized spacial score (nSPS) is 13.4. The van der Waals surface area contributed by atoms with Crippen molar-refractivity contribution in [3.63, 3.8) is 0 Å². The topological polar surface area (TPSA) is 349 Å². The third-order valence-corrected chi connectivity index (χ3v) is 19.6. The number of anilines is 10. The number of ether oxygens (including phenoxy) is 5. The van der Waals surface area contributed by atoms with Gasteiger partial charge in [0.15, 0.2) is 78.5 Å². The van der Waals surface area contributed by atoms with E-state index in [0.717, 1.165) is 166 Å². The molecular formula is C77H93BrF6N15O12PS4. The molecule has 2 amide bonds. The van der Waals surface area contributed by atoms with Crippen LogP contribution in [0.1, 0.15) is 96.2 Å². The average Bonchev–Trinajstić information content (AvgIpc) is 1.54. The number of benzene rings is 6. The number of hydrogen-bond acceptors (Lipinski definition) is 25. The van der Waals surface area contributed by atoms with Crippen LogP contribution in [-0.4, -0.2) is 193 Å². The minimum absolute atomic E-state index is 0. The SMILES string of the molecule is CC(=O)O.CCSC(N)=NC(=S)Nc1ccc(N2CCN(C(=O)OC(C)(C)C)CC2)cc1.COc1c(F)cc(C(=O)CBr)cc1F.COc1c(F)cc(C(=O)c2sc(Nc3ccc(N4CCN(C(=O)OC(C)(C)C)CC4)cc3)nc2N)cc1F.COc1c(F)cc(C(=O)c2sc(Nc3ccc(N4CCNCC4)cc3)nc2N)cc1F.P. The molecule has 1 atom stereocenters. The second-order valence-corrected chi connectivity index (χ2v) is 31.2. The number of carboxylic acids is 1. The molecule has 1 unspecified atom stereocenters. The Hall–Kier alpha value is -10.2. The molecule has 3 aliphatic heterocycles. The number of rotatable bonds is 18. The van der Waals surface area contributed by atoms with E-state index in [9.17, 15) is 50.3 Å². The van der Waals surface area contributed by atoms with Gasteiger partial charge in [-0.2, -0.15) is 14.9 Å². The van der Waals surface area contributed by atoms with Crippen LogP contribution in [0, 0.1) is 34.9 Å². The van der Waals surface area contributed by atoms with Crippen molar-refractivity contribution in [2.75, 3.05) is 153 Å². The summed E-state index contributed by atoms with van der Waals surface area (Å²) in [6.45, 7) is 23.4. The van der Waals surface area contributed by atoms with Crippen molar-refractivity contribution in [1.82, 2.24) is 25.1 Å². The lowest BCUT2D eigenvalue weighted by atomic mass is 10.1. The maximum atomic E-state index is 14.1. The molecule has 116 heavy (non-hydrogen) atoms. The Labute approximate surface area is 697 Å². The van der Waals surface area contributed by atoms with Gasteiger partial charge in [-0.1, -0.05) is 57.3 Å². The highest BCUT2D eigenvalue weighted by molar-refractivity contribution is 9.09. The summed E-state index contributed by atoms with van der Waals surface area (Å²) in [5, 5.41) is 21.6. The molecule has 3 aliphatic rings. The van der Waals surface area contributed by atoms with Gasteiger partial charge in [-0.15, -0.1) is 0 Å². The van der Waals surface area contributed by atoms with Crippen LogP contribution < -0.4 is 67.4 Å². The Morgan fingerprint density at radius 2 is 0.871 bits per heavy atom. The van der Waals surface area contributed by atoms with Gasteiger partial charge in [0.05, 0.1) is 26.7 Å². The lowest BCUT2D eigenvalue weighted by molar-refractivity contribution is -0.134. The highest BCUT2D eigenvalue weighted by Gasteiger charge is 2.30. The number of methoxy groups -OCH3 is 3. The van der Waals surface area contributed by atoms with Crippen LogP contribution in [0.3, 0.4) is 0 Å². The van der Waals surface area contributed by atoms with E-state index in [1.165, 1.54) is 11.8 Å². The number of alkyl halides is 1. The number of nitrogens with one attached hydrogen (secondary N) is 4. The molecule has 11 rings (SSSR count). The van der Waals surface area contributed by atoms with Crippen molar-refractivity contribution in [2.24, 2.45) is 10.7 Å². The quantitative estimate of drug-likeness (QED) is 0.00752. The Kier molecular flexibility index (Phi) is 36.0. The molecule has 0 bridgehead atoms. The van der Waals surface area contributed by atoms with Crippen LogP contribution in [-0.2, 0) is 14.3 Å². The fraction of sp³-hybridized carbons (Fsp3) is 0.351. The number of nitrogens with zero attached hydrogens (tertiary/aromatic N) is 8. The number of amidine groups is 1. The van der Waals surface area contributed by atoms with Gasteiger partial charge in [0, 0.05) is 136 Å². The second kappa shape index (κ2) is 44.2. The van der Waals surface area contributed by atoms with Gasteiger partial charge in [-0.25, -0.2) is 45.9 Å². The molecule has 27 nitrogen and oxygen atoms in total. The number of piperazine rings is 3. The summed E-state index contributed by atoms with van der Waals surface area (Å²) in [6.07, 6.45) is -0.555. The van der Waals surface area contributed by atoms with E-state index in [1.807, 2.05) is 121 Å². The summed E-state index contributed by atoms with van der Waals surface area (Å²) < 4.78 is 107. The fourth-order valence-corrected chi connectivity index (χ4v) is 13.7.